The zero-order valence-corrected chi connectivity index (χ0v) is 19.2. The molecule has 180 valence electrons. The summed E-state index contributed by atoms with van der Waals surface area (Å²) in [6.45, 7) is 0.125. The standard InChI is InChI=1S/C29H23FN2O4/c30-24-13-11-22(12-14-24)29(35)27(19-33)28(32(20-34)18-21-6-5-15-31-17-21)23-7-4-10-26(16-23)36-25-8-2-1-3-9-25/h1-17,19-20,28,33H,18H2/b27-19-. The number of para-hydroxylation sites is 1. The van der Waals surface area contributed by atoms with E-state index in [0.717, 1.165) is 5.56 Å². The average molecular weight is 483 g/mol. The number of benzene rings is 3. The van der Waals surface area contributed by atoms with Crippen LogP contribution in [0.4, 0.5) is 4.39 Å². The van der Waals surface area contributed by atoms with Crippen molar-refractivity contribution >= 4 is 12.2 Å². The Morgan fingerprint density at radius 1 is 0.972 bits per heavy atom. The molecule has 0 aliphatic heterocycles. The first-order chi connectivity index (χ1) is 17.6. The quantitative estimate of drug-likeness (QED) is 0.129. The number of pyridine rings is 1. The van der Waals surface area contributed by atoms with E-state index in [2.05, 4.69) is 4.98 Å². The van der Waals surface area contributed by atoms with E-state index in [1.54, 1.807) is 60.9 Å². The van der Waals surface area contributed by atoms with Gasteiger partial charge in [0.25, 0.3) is 0 Å². The number of aliphatic hydroxyl groups is 1. The number of Topliss-reactive ketones (excluding diaryl/α,β-unsaturated/α-hetero) is 1. The number of halogens is 1. The number of amides is 1. The second-order valence-electron chi connectivity index (χ2n) is 7.95. The molecule has 1 atom stereocenters. The second kappa shape index (κ2) is 11.6. The first kappa shape index (κ1) is 24.3. The minimum atomic E-state index is -0.968. The molecular weight excluding hydrogens is 459 g/mol. The summed E-state index contributed by atoms with van der Waals surface area (Å²) < 4.78 is 19.4. The van der Waals surface area contributed by atoms with Crippen molar-refractivity contribution in [3.63, 3.8) is 0 Å². The molecule has 4 aromatic rings. The fraction of sp³-hybridized carbons (Fsp3) is 0.0690. The van der Waals surface area contributed by atoms with Crippen molar-refractivity contribution in [2.24, 2.45) is 0 Å². The Kier molecular flexibility index (Phi) is 7.83. The first-order valence-corrected chi connectivity index (χ1v) is 11.2. The maximum absolute atomic E-state index is 13.5. The van der Waals surface area contributed by atoms with Gasteiger partial charge in [0, 0.05) is 24.5 Å². The number of ketones is 1. The lowest BCUT2D eigenvalue weighted by Crippen LogP contribution is -2.31. The van der Waals surface area contributed by atoms with E-state index in [1.807, 2.05) is 18.2 Å². The molecule has 1 unspecified atom stereocenters. The van der Waals surface area contributed by atoms with Crippen LogP contribution in [0.3, 0.4) is 0 Å². The van der Waals surface area contributed by atoms with E-state index < -0.39 is 17.6 Å². The van der Waals surface area contributed by atoms with E-state index >= 15 is 0 Å². The van der Waals surface area contributed by atoms with Gasteiger partial charge in [0.15, 0.2) is 5.78 Å². The lowest BCUT2D eigenvalue weighted by molar-refractivity contribution is -0.120. The van der Waals surface area contributed by atoms with Gasteiger partial charge in [-0.25, -0.2) is 4.39 Å². The van der Waals surface area contributed by atoms with Crippen LogP contribution in [0.25, 0.3) is 0 Å². The van der Waals surface area contributed by atoms with Crippen LogP contribution in [-0.4, -0.2) is 27.2 Å². The second-order valence-corrected chi connectivity index (χ2v) is 7.95. The minimum Gasteiger partial charge on any atom is -0.515 e. The monoisotopic (exact) mass is 482 g/mol. The summed E-state index contributed by atoms with van der Waals surface area (Å²) in [6.07, 6.45) is 4.55. The third-order valence-corrected chi connectivity index (χ3v) is 5.51. The van der Waals surface area contributed by atoms with Crippen LogP contribution in [0.5, 0.6) is 11.5 Å². The fourth-order valence-electron chi connectivity index (χ4n) is 3.84. The maximum Gasteiger partial charge on any atom is 0.210 e. The molecule has 0 saturated heterocycles. The van der Waals surface area contributed by atoms with Gasteiger partial charge in [0.2, 0.25) is 6.41 Å². The Bertz CT molecular complexity index is 1340. The van der Waals surface area contributed by atoms with Crippen LogP contribution in [0, 0.1) is 5.82 Å². The van der Waals surface area contributed by atoms with Crippen molar-refractivity contribution in [3.8, 4) is 11.5 Å². The van der Waals surface area contributed by atoms with Gasteiger partial charge in [0.1, 0.15) is 17.3 Å². The van der Waals surface area contributed by atoms with Gasteiger partial charge in [-0.05, 0) is 65.7 Å². The van der Waals surface area contributed by atoms with Gasteiger partial charge < -0.3 is 14.7 Å². The van der Waals surface area contributed by atoms with Crippen molar-refractivity contribution in [2.45, 2.75) is 12.6 Å². The third kappa shape index (κ3) is 5.82. The zero-order valence-electron chi connectivity index (χ0n) is 19.2. The average Bonchev–Trinajstić information content (AvgIpc) is 2.92. The fourth-order valence-corrected chi connectivity index (χ4v) is 3.84. The van der Waals surface area contributed by atoms with Crippen molar-refractivity contribution in [2.75, 3.05) is 0 Å². The summed E-state index contributed by atoms with van der Waals surface area (Å²) in [5.74, 6) is 0.0703. The van der Waals surface area contributed by atoms with Gasteiger partial charge in [-0.3, -0.25) is 14.6 Å². The molecule has 1 aromatic heterocycles. The first-order valence-electron chi connectivity index (χ1n) is 11.2. The van der Waals surface area contributed by atoms with Crippen LogP contribution in [0.2, 0.25) is 0 Å². The van der Waals surface area contributed by atoms with E-state index in [9.17, 15) is 19.1 Å². The van der Waals surface area contributed by atoms with Crippen molar-refractivity contribution in [3.05, 3.63) is 138 Å². The molecular formula is C29H23FN2O4. The zero-order chi connectivity index (χ0) is 25.3. The number of nitrogens with zero attached hydrogens (tertiary/aromatic N) is 2. The highest BCUT2D eigenvalue weighted by molar-refractivity contribution is 6.09. The molecule has 1 heterocycles. The molecule has 0 bridgehead atoms. The predicted octanol–water partition coefficient (Wildman–Crippen LogP) is 6.04. The SMILES string of the molecule is O=CN(Cc1cccnc1)C(/C(=C/O)C(=O)c1ccc(F)cc1)c1cccc(Oc2ccccc2)c1. The van der Waals surface area contributed by atoms with Gasteiger partial charge >= 0.3 is 0 Å². The van der Waals surface area contributed by atoms with Crippen molar-refractivity contribution < 1.29 is 23.8 Å². The van der Waals surface area contributed by atoms with Crippen LogP contribution in [0.15, 0.2) is 115 Å². The van der Waals surface area contributed by atoms with E-state index in [1.165, 1.54) is 29.2 Å². The maximum atomic E-state index is 13.5. The molecule has 0 spiro atoms. The van der Waals surface area contributed by atoms with Gasteiger partial charge in [-0.15, -0.1) is 0 Å². The summed E-state index contributed by atoms with van der Waals surface area (Å²) >= 11 is 0. The molecule has 0 aliphatic rings. The number of aliphatic hydroxyl groups excluding tert-OH is 1. The van der Waals surface area contributed by atoms with E-state index in [-0.39, 0.29) is 17.7 Å². The predicted molar refractivity (Wildman–Crippen MR) is 133 cm³/mol. The van der Waals surface area contributed by atoms with Crippen LogP contribution >= 0.6 is 0 Å². The van der Waals surface area contributed by atoms with Crippen molar-refractivity contribution in [1.82, 2.24) is 9.88 Å². The number of hydrogen-bond acceptors (Lipinski definition) is 5. The van der Waals surface area contributed by atoms with Gasteiger partial charge in [-0.1, -0.05) is 36.4 Å². The van der Waals surface area contributed by atoms with Gasteiger partial charge in [-0.2, -0.15) is 0 Å². The number of aromatic nitrogens is 1. The van der Waals surface area contributed by atoms with E-state index in [4.69, 9.17) is 4.74 Å². The Morgan fingerprint density at radius 2 is 1.72 bits per heavy atom. The third-order valence-electron chi connectivity index (χ3n) is 5.51. The smallest absolute Gasteiger partial charge is 0.210 e. The van der Waals surface area contributed by atoms with Crippen molar-refractivity contribution in [1.29, 1.82) is 0 Å². The highest BCUT2D eigenvalue weighted by Gasteiger charge is 2.30. The summed E-state index contributed by atoms with van der Waals surface area (Å²) in [5, 5.41) is 10.2. The van der Waals surface area contributed by atoms with E-state index in [0.29, 0.717) is 29.7 Å². The Hall–Kier alpha value is -4.78. The summed E-state index contributed by atoms with van der Waals surface area (Å²) in [5.41, 5.74) is 1.38. The number of rotatable bonds is 10. The molecule has 0 saturated carbocycles. The Balaban J connectivity index is 1.75. The summed E-state index contributed by atoms with van der Waals surface area (Å²) in [7, 11) is 0. The lowest BCUT2D eigenvalue weighted by Gasteiger charge is -2.30. The highest BCUT2D eigenvalue weighted by atomic mass is 19.1. The normalized spacial score (nSPS) is 12.0. The van der Waals surface area contributed by atoms with Crippen LogP contribution in [-0.2, 0) is 11.3 Å². The largest absolute Gasteiger partial charge is 0.515 e. The lowest BCUT2D eigenvalue weighted by atomic mass is 9.91. The molecule has 7 heteroatoms. The molecule has 1 N–H and O–H groups in total. The van der Waals surface area contributed by atoms with Gasteiger partial charge in [0.05, 0.1) is 17.9 Å². The Morgan fingerprint density at radius 3 is 2.39 bits per heavy atom. The molecule has 6 nitrogen and oxygen atoms in total. The molecule has 1 amide bonds. The minimum absolute atomic E-state index is 0.0607. The molecule has 0 fully saturated rings. The molecule has 0 radical (unpaired) electrons. The summed E-state index contributed by atoms with van der Waals surface area (Å²) in [6, 6.07) is 23.7. The number of hydrogen-bond donors (Lipinski definition) is 1. The number of carbonyl (C=O) groups excluding carboxylic acids is 2. The topological polar surface area (TPSA) is 79.7 Å². The molecule has 0 aliphatic carbocycles. The highest BCUT2D eigenvalue weighted by Crippen LogP contribution is 2.34. The number of ether oxygens (including phenoxy) is 1. The number of carbonyl (C=O) groups is 2. The van der Waals surface area contributed by atoms with Crippen LogP contribution in [0.1, 0.15) is 27.5 Å². The molecule has 4 rings (SSSR count). The Labute approximate surface area is 207 Å². The molecule has 3 aromatic carbocycles. The van der Waals surface area contributed by atoms with Crippen LogP contribution < -0.4 is 4.74 Å². The molecule has 36 heavy (non-hydrogen) atoms. The summed E-state index contributed by atoms with van der Waals surface area (Å²) in [4.78, 5) is 31.2.